The lowest BCUT2D eigenvalue weighted by atomic mass is 9.73. The number of rotatable bonds is 18. The van der Waals surface area contributed by atoms with E-state index in [0.717, 1.165) is 61.6 Å². The monoisotopic (exact) mass is 686 g/mol. The van der Waals surface area contributed by atoms with E-state index < -0.39 is 12.1 Å². The Labute approximate surface area is 295 Å². The van der Waals surface area contributed by atoms with Gasteiger partial charge >= 0.3 is 18.1 Å². The molecule has 3 aromatic rings. The summed E-state index contributed by atoms with van der Waals surface area (Å²) < 4.78 is 33.9. The van der Waals surface area contributed by atoms with Gasteiger partial charge in [0.15, 0.2) is 6.61 Å². The Kier molecular flexibility index (Phi) is 14.1. The van der Waals surface area contributed by atoms with Crippen LogP contribution in [-0.2, 0) is 59.3 Å². The van der Waals surface area contributed by atoms with Gasteiger partial charge in [-0.25, -0.2) is 14.4 Å². The molecule has 0 aromatic heterocycles. The van der Waals surface area contributed by atoms with E-state index in [2.05, 4.69) is 13.0 Å². The summed E-state index contributed by atoms with van der Waals surface area (Å²) in [5.41, 5.74) is 4.06. The maximum Gasteiger partial charge on any atom is 0.508 e. The number of fused-ring (bicyclic) bond motifs is 2. The highest BCUT2D eigenvalue weighted by atomic mass is 16.7. The minimum absolute atomic E-state index is 0.0600. The number of carbonyl (C=O) groups is 3. The van der Waals surface area contributed by atoms with Crippen LogP contribution in [0.2, 0.25) is 0 Å². The van der Waals surface area contributed by atoms with Gasteiger partial charge in [-0.15, -0.1) is 0 Å². The zero-order chi connectivity index (χ0) is 35.1. The SMILES string of the molecule is CCCCC[C@@H](CC[C@@H]1[C@H]2Cc3cccc(OCC(=O)OCc4ccccc4)c3C[C@H]2C[C@H]1OC(=O)OCc1ccccc1)OC(=O)COC. The van der Waals surface area contributed by atoms with Crippen molar-refractivity contribution < 1.29 is 42.8 Å². The molecule has 268 valence electrons. The zero-order valence-corrected chi connectivity index (χ0v) is 29.3. The molecule has 0 unspecified atom stereocenters. The van der Waals surface area contributed by atoms with Crippen LogP contribution >= 0.6 is 0 Å². The van der Waals surface area contributed by atoms with Gasteiger partial charge in [0.2, 0.25) is 0 Å². The second-order valence-electron chi connectivity index (χ2n) is 13.4. The number of hydrogen-bond donors (Lipinski definition) is 0. The quantitative estimate of drug-likeness (QED) is 0.0753. The maximum absolute atomic E-state index is 13.0. The number of carbonyl (C=O) groups excluding carboxylic acids is 3. The molecule has 9 heteroatoms. The van der Waals surface area contributed by atoms with Crippen molar-refractivity contribution in [2.75, 3.05) is 20.3 Å². The number of unbranched alkanes of at least 4 members (excludes halogenated alkanes) is 2. The average Bonchev–Trinajstić information content (AvgIpc) is 3.46. The summed E-state index contributed by atoms with van der Waals surface area (Å²) in [6.07, 6.45) is 6.29. The Morgan fingerprint density at radius 3 is 2.20 bits per heavy atom. The third-order valence-corrected chi connectivity index (χ3v) is 9.87. The maximum atomic E-state index is 13.0. The number of benzene rings is 3. The summed E-state index contributed by atoms with van der Waals surface area (Å²) in [6.45, 7) is 2.22. The molecular weight excluding hydrogens is 636 g/mol. The normalized spacial score (nSPS) is 19.8. The van der Waals surface area contributed by atoms with Crippen molar-refractivity contribution >= 4 is 18.1 Å². The second-order valence-corrected chi connectivity index (χ2v) is 13.4. The van der Waals surface area contributed by atoms with E-state index in [1.54, 1.807) is 0 Å². The van der Waals surface area contributed by atoms with Gasteiger partial charge in [-0.2, -0.15) is 0 Å². The smallest absolute Gasteiger partial charge is 0.482 e. The fourth-order valence-corrected chi connectivity index (χ4v) is 7.44. The molecule has 9 nitrogen and oxygen atoms in total. The van der Waals surface area contributed by atoms with Crippen LogP contribution in [0.25, 0.3) is 0 Å². The molecule has 0 spiro atoms. The fraction of sp³-hybridized carbons (Fsp3) is 0.488. The first-order valence-corrected chi connectivity index (χ1v) is 17.9. The van der Waals surface area contributed by atoms with Gasteiger partial charge in [0.05, 0.1) is 0 Å². The molecule has 0 aliphatic heterocycles. The number of ether oxygens (including phenoxy) is 6. The van der Waals surface area contributed by atoms with E-state index in [4.69, 9.17) is 28.4 Å². The van der Waals surface area contributed by atoms with Crippen LogP contribution in [-0.4, -0.2) is 50.6 Å². The van der Waals surface area contributed by atoms with Gasteiger partial charge < -0.3 is 28.4 Å². The predicted molar refractivity (Wildman–Crippen MR) is 187 cm³/mol. The molecule has 0 heterocycles. The first kappa shape index (κ1) is 36.9. The summed E-state index contributed by atoms with van der Waals surface area (Å²) >= 11 is 0. The van der Waals surface area contributed by atoms with E-state index in [1.807, 2.05) is 72.8 Å². The van der Waals surface area contributed by atoms with E-state index in [1.165, 1.54) is 12.7 Å². The minimum Gasteiger partial charge on any atom is -0.482 e. The number of methoxy groups -OCH3 is 1. The van der Waals surface area contributed by atoms with Crippen molar-refractivity contribution in [1.82, 2.24) is 0 Å². The molecule has 0 radical (unpaired) electrons. The lowest BCUT2D eigenvalue weighted by molar-refractivity contribution is -0.154. The van der Waals surface area contributed by atoms with Gasteiger partial charge in [0.25, 0.3) is 0 Å². The van der Waals surface area contributed by atoms with E-state index >= 15 is 0 Å². The van der Waals surface area contributed by atoms with Crippen molar-refractivity contribution in [3.8, 4) is 5.75 Å². The lowest BCUT2D eigenvalue weighted by Crippen LogP contribution is -2.31. The van der Waals surface area contributed by atoms with Gasteiger partial charge in [0, 0.05) is 7.11 Å². The van der Waals surface area contributed by atoms with Crippen molar-refractivity contribution in [1.29, 1.82) is 0 Å². The fourth-order valence-electron chi connectivity index (χ4n) is 7.44. The van der Waals surface area contributed by atoms with Gasteiger partial charge in [-0.3, -0.25) is 0 Å². The van der Waals surface area contributed by atoms with Crippen LogP contribution in [0.4, 0.5) is 4.79 Å². The average molecular weight is 687 g/mol. The van der Waals surface area contributed by atoms with Crippen LogP contribution < -0.4 is 4.74 Å². The number of hydrogen-bond acceptors (Lipinski definition) is 9. The largest absolute Gasteiger partial charge is 0.508 e. The topological polar surface area (TPSA) is 107 Å². The van der Waals surface area contributed by atoms with Crippen LogP contribution in [0.3, 0.4) is 0 Å². The lowest BCUT2D eigenvalue weighted by Gasteiger charge is -2.33. The zero-order valence-electron chi connectivity index (χ0n) is 29.3. The van der Waals surface area contributed by atoms with Crippen molar-refractivity contribution in [2.45, 2.75) is 90.1 Å². The van der Waals surface area contributed by atoms with Crippen molar-refractivity contribution in [3.63, 3.8) is 0 Å². The first-order chi connectivity index (χ1) is 24.4. The molecule has 2 aliphatic rings. The molecule has 1 fully saturated rings. The Bertz CT molecular complexity index is 1510. The van der Waals surface area contributed by atoms with E-state index in [-0.39, 0.29) is 62.4 Å². The third-order valence-electron chi connectivity index (χ3n) is 9.87. The van der Waals surface area contributed by atoms with Gasteiger partial charge in [0.1, 0.15) is 37.8 Å². The van der Waals surface area contributed by atoms with Crippen molar-refractivity contribution in [2.24, 2.45) is 17.8 Å². The van der Waals surface area contributed by atoms with Gasteiger partial charge in [-0.1, -0.05) is 92.6 Å². The summed E-state index contributed by atoms with van der Waals surface area (Å²) in [5.74, 6) is 0.448. The minimum atomic E-state index is -0.677. The summed E-state index contributed by atoms with van der Waals surface area (Å²) in [7, 11) is 1.49. The molecule has 5 atom stereocenters. The summed E-state index contributed by atoms with van der Waals surface area (Å²) in [6, 6.07) is 25.1. The van der Waals surface area contributed by atoms with Crippen LogP contribution in [0.1, 0.15) is 74.1 Å². The highest BCUT2D eigenvalue weighted by Crippen LogP contribution is 2.49. The van der Waals surface area contributed by atoms with Crippen LogP contribution in [0, 0.1) is 17.8 Å². The molecule has 0 saturated heterocycles. The Hall–Kier alpha value is -4.37. The Morgan fingerprint density at radius 2 is 1.50 bits per heavy atom. The van der Waals surface area contributed by atoms with E-state index in [0.29, 0.717) is 18.6 Å². The van der Waals surface area contributed by atoms with Gasteiger partial charge in [-0.05, 0) is 91.0 Å². The second kappa shape index (κ2) is 19.1. The molecule has 1 saturated carbocycles. The third kappa shape index (κ3) is 10.8. The predicted octanol–water partition coefficient (Wildman–Crippen LogP) is 7.80. The molecule has 0 N–H and O–H groups in total. The first-order valence-electron chi connectivity index (χ1n) is 17.9. The molecule has 0 amide bonds. The highest BCUT2D eigenvalue weighted by Gasteiger charge is 2.47. The van der Waals surface area contributed by atoms with E-state index in [9.17, 15) is 14.4 Å². The summed E-state index contributed by atoms with van der Waals surface area (Å²) in [5, 5.41) is 0. The van der Waals surface area contributed by atoms with Crippen LogP contribution in [0.5, 0.6) is 5.75 Å². The molecule has 0 bridgehead atoms. The molecule has 5 rings (SSSR count). The molecule has 50 heavy (non-hydrogen) atoms. The van der Waals surface area contributed by atoms with Crippen molar-refractivity contribution in [3.05, 3.63) is 101 Å². The standard InChI is InChI=1S/C41H50O9/c1-3-4-7-18-33(49-40(43)27-45-2)20-21-34-35-22-31-17-12-19-37(46-28-39(42)47-25-29-13-8-5-9-14-29)36(31)23-32(35)24-38(34)50-41(44)48-26-30-15-10-6-11-16-30/h5-6,8-17,19,32-35,38H,3-4,7,18,20-28H2,1-2H3/t32-,33-,34+,35-,38+/m0/s1. The Morgan fingerprint density at radius 1 is 0.780 bits per heavy atom. The summed E-state index contributed by atoms with van der Waals surface area (Å²) in [4.78, 5) is 38.0. The molecular formula is C41H50O9. The molecule has 3 aromatic carbocycles. The highest BCUT2D eigenvalue weighted by molar-refractivity contribution is 5.71. The molecule has 2 aliphatic carbocycles. The van der Waals surface area contributed by atoms with Crippen LogP contribution in [0.15, 0.2) is 78.9 Å². The Balaban J connectivity index is 1.26. The number of esters is 2.